The third kappa shape index (κ3) is 2.53. The molecular weight excluding hydrogens is 226 g/mol. The summed E-state index contributed by atoms with van der Waals surface area (Å²) < 4.78 is 1.80. The standard InChI is InChI=1S/C14H15N3O/c1-17-9-11(6-13(17)7-15)8-16-14-5-3-2-4-12(14)10-18/h2-6,9,16,18H,8,10H2,1H3. The number of nitriles is 1. The lowest BCUT2D eigenvalue weighted by molar-refractivity contribution is 0.282. The first-order chi connectivity index (χ1) is 8.74. The van der Waals surface area contributed by atoms with Crippen LogP contribution in [-0.2, 0) is 20.2 Å². The van der Waals surface area contributed by atoms with Crippen LogP contribution < -0.4 is 5.32 Å². The number of aliphatic hydroxyl groups excluding tert-OH is 1. The molecule has 4 heteroatoms. The van der Waals surface area contributed by atoms with Gasteiger partial charge in [0.1, 0.15) is 11.8 Å². The quantitative estimate of drug-likeness (QED) is 0.860. The summed E-state index contributed by atoms with van der Waals surface area (Å²) in [6.07, 6.45) is 1.92. The molecule has 2 rings (SSSR count). The Kier molecular flexibility index (Phi) is 3.66. The summed E-state index contributed by atoms with van der Waals surface area (Å²) in [6, 6.07) is 11.6. The highest BCUT2D eigenvalue weighted by Crippen LogP contribution is 2.16. The van der Waals surface area contributed by atoms with Gasteiger partial charge in [-0.25, -0.2) is 0 Å². The van der Waals surface area contributed by atoms with E-state index in [4.69, 9.17) is 5.26 Å². The van der Waals surface area contributed by atoms with Crippen LogP contribution in [0, 0.1) is 11.3 Å². The molecule has 0 aliphatic rings. The number of nitrogens with one attached hydrogen (secondary N) is 1. The van der Waals surface area contributed by atoms with E-state index < -0.39 is 0 Å². The van der Waals surface area contributed by atoms with Crippen LogP contribution >= 0.6 is 0 Å². The SMILES string of the molecule is Cn1cc(CNc2ccccc2CO)cc1C#N. The van der Waals surface area contributed by atoms with Gasteiger partial charge in [0, 0.05) is 31.0 Å². The number of hydrogen-bond acceptors (Lipinski definition) is 3. The molecule has 2 aromatic rings. The zero-order valence-corrected chi connectivity index (χ0v) is 10.2. The van der Waals surface area contributed by atoms with E-state index in [2.05, 4.69) is 11.4 Å². The molecule has 0 aliphatic heterocycles. The molecular formula is C14H15N3O. The number of para-hydroxylation sites is 1. The molecule has 0 saturated carbocycles. The van der Waals surface area contributed by atoms with Crippen molar-refractivity contribution in [3.8, 4) is 6.07 Å². The fourth-order valence-corrected chi connectivity index (χ4v) is 1.87. The van der Waals surface area contributed by atoms with Crippen molar-refractivity contribution in [3.05, 3.63) is 53.3 Å². The predicted molar refractivity (Wildman–Crippen MR) is 69.8 cm³/mol. The van der Waals surface area contributed by atoms with Gasteiger partial charge >= 0.3 is 0 Å². The molecule has 2 N–H and O–H groups in total. The minimum Gasteiger partial charge on any atom is -0.392 e. The summed E-state index contributed by atoms with van der Waals surface area (Å²) in [7, 11) is 1.85. The van der Waals surface area contributed by atoms with Crippen molar-refractivity contribution < 1.29 is 5.11 Å². The number of benzene rings is 1. The second-order valence-corrected chi connectivity index (χ2v) is 4.13. The highest BCUT2D eigenvalue weighted by molar-refractivity contribution is 5.51. The fraction of sp³-hybridized carbons (Fsp3) is 0.214. The second-order valence-electron chi connectivity index (χ2n) is 4.13. The maximum atomic E-state index is 9.21. The first-order valence-electron chi connectivity index (χ1n) is 5.72. The lowest BCUT2D eigenvalue weighted by Gasteiger charge is -2.09. The average molecular weight is 241 g/mol. The third-order valence-electron chi connectivity index (χ3n) is 2.85. The number of rotatable bonds is 4. The normalized spacial score (nSPS) is 10.1. The largest absolute Gasteiger partial charge is 0.392 e. The summed E-state index contributed by atoms with van der Waals surface area (Å²) in [5.41, 5.74) is 3.47. The van der Waals surface area contributed by atoms with Crippen LogP contribution in [0.15, 0.2) is 36.5 Å². The van der Waals surface area contributed by atoms with Crippen molar-refractivity contribution in [2.75, 3.05) is 5.32 Å². The molecule has 0 spiro atoms. The van der Waals surface area contributed by atoms with Gasteiger partial charge in [0.15, 0.2) is 0 Å². The molecule has 0 saturated heterocycles. The molecule has 4 nitrogen and oxygen atoms in total. The van der Waals surface area contributed by atoms with Crippen LogP contribution in [-0.4, -0.2) is 9.67 Å². The van der Waals surface area contributed by atoms with Crippen LogP contribution in [0.4, 0.5) is 5.69 Å². The van der Waals surface area contributed by atoms with Crippen LogP contribution in [0.2, 0.25) is 0 Å². The zero-order chi connectivity index (χ0) is 13.0. The summed E-state index contributed by atoms with van der Waals surface area (Å²) in [4.78, 5) is 0. The molecule has 0 aliphatic carbocycles. The number of hydrogen-bond donors (Lipinski definition) is 2. The van der Waals surface area contributed by atoms with E-state index >= 15 is 0 Å². The third-order valence-corrected chi connectivity index (χ3v) is 2.85. The second kappa shape index (κ2) is 5.39. The van der Waals surface area contributed by atoms with Crippen molar-refractivity contribution in [2.45, 2.75) is 13.2 Å². The van der Waals surface area contributed by atoms with Gasteiger partial charge in [-0.2, -0.15) is 5.26 Å². The van der Waals surface area contributed by atoms with Crippen LogP contribution in [0.1, 0.15) is 16.8 Å². The van der Waals surface area contributed by atoms with E-state index in [0.29, 0.717) is 12.2 Å². The number of aliphatic hydroxyl groups is 1. The van der Waals surface area contributed by atoms with Crippen molar-refractivity contribution in [1.29, 1.82) is 5.26 Å². The maximum absolute atomic E-state index is 9.21. The first-order valence-corrected chi connectivity index (χ1v) is 5.72. The minimum absolute atomic E-state index is 0.0153. The van der Waals surface area contributed by atoms with Crippen LogP contribution in [0.3, 0.4) is 0 Å². The lowest BCUT2D eigenvalue weighted by atomic mass is 10.2. The average Bonchev–Trinajstić information content (AvgIpc) is 2.77. The number of anilines is 1. The predicted octanol–water partition coefficient (Wildman–Crippen LogP) is 2.00. The molecule has 1 aromatic heterocycles. The molecule has 1 aromatic carbocycles. The molecule has 0 fully saturated rings. The molecule has 0 atom stereocenters. The molecule has 0 amide bonds. The molecule has 1 heterocycles. The Hall–Kier alpha value is -2.25. The van der Waals surface area contributed by atoms with Gasteiger partial charge in [-0.15, -0.1) is 0 Å². The lowest BCUT2D eigenvalue weighted by Crippen LogP contribution is -2.01. The zero-order valence-electron chi connectivity index (χ0n) is 10.2. The smallest absolute Gasteiger partial charge is 0.120 e. The number of nitrogens with zero attached hydrogens (tertiary/aromatic N) is 2. The Morgan fingerprint density at radius 1 is 1.39 bits per heavy atom. The van der Waals surface area contributed by atoms with Gasteiger partial charge in [0.05, 0.1) is 6.61 Å². The van der Waals surface area contributed by atoms with Gasteiger partial charge in [-0.1, -0.05) is 18.2 Å². The summed E-state index contributed by atoms with van der Waals surface area (Å²) in [6.45, 7) is 0.647. The van der Waals surface area contributed by atoms with Gasteiger partial charge in [0.25, 0.3) is 0 Å². The highest BCUT2D eigenvalue weighted by atomic mass is 16.3. The molecule has 18 heavy (non-hydrogen) atoms. The van der Waals surface area contributed by atoms with E-state index in [1.54, 1.807) is 4.57 Å². The van der Waals surface area contributed by atoms with Crippen LogP contribution in [0.25, 0.3) is 0 Å². The van der Waals surface area contributed by atoms with E-state index in [-0.39, 0.29) is 6.61 Å². The summed E-state index contributed by atoms with van der Waals surface area (Å²) in [5.74, 6) is 0. The Morgan fingerprint density at radius 3 is 2.83 bits per heavy atom. The molecule has 0 unspecified atom stereocenters. The Bertz CT molecular complexity index is 581. The van der Waals surface area contributed by atoms with Gasteiger partial charge < -0.3 is 15.0 Å². The monoisotopic (exact) mass is 241 g/mol. The number of aryl methyl sites for hydroxylation is 1. The van der Waals surface area contributed by atoms with Crippen molar-refractivity contribution in [1.82, 2.24) is 4.57 Å². The Balaban J connectivity index is 2.09. The Morgan fingerprint density at radius 2 is 2.17 bits per heavy atom. The van der Waals surface area contributed by atoms with Gasteiger partial charge in [-0.3, -0.25) is 0 Å². The van der Waals surface area contributed by atoms with Gasteiger partial charge in [-0.05, 0) is 17.7 Å². The highest BCUT2D eigenvalue weighted by Gasteiger charge is 2.03. The van der Waals surface area contributed by atoms with Crippen molar-refractivity contribution >= 4 is 5.69 Å². The summed E-state index contributed by atoms with van der Waals surface area (Å²) in [5, 5.41) is 21.4. The fourth-order valence-electron chi connectivity index (χ4n) is 1.87. The van der Waals surface area contributed by atoms with Crippen molar-refractivity contribution in [3.63, 3.8) is 0 Å². The Labute approximate surface area is 106 Å². The van der Waals surface area contributed by atoms with Crippen molar-refractivity contribution in [2.24, 2.45) is 7.05 Å². The maximum Gasteiger partial charge on any atom is 0.120 e. The topological polar surface area (TPSA) is 61.0 Å². The molecule has 0 bridgehead atoms. The number of aromatic nitrogens is 1. The van der Waals surface area contributed by atoms with E-state index in [1.807, 2.05) is 43.6 Å². The van der Waals surface area contributed by atoms with Gasteiger partial charge in [0.2, 0.25) is 0 Å². The summed E-state index contributed by atoms with van der Waals surface area (Å²) >= 11 is 0. The minimum atomic E-state index is 0.0153. The van der Waals surface area contributed by atoms with E-state index in [1.165, 1.54) is 0 Å². The molecule has 92 valence electrons. The van der Waals surface area contributed by atoms with E-state index in [0.717, 1.165) is 16.8 Å². The first kappa shape index (κ1) is 12.2. The van der Waals surface area contributed by atoms with E-state index in [9.17, 15) is 5.11 Å². The van der Waals surface area contributed by atoms with Crippen LogP contribution in [0.5, 0.6) is 0 Å². The molecule has 0 radical (unpaired) electrons.